The van der Waals surface area contributed by atoms with E-state index in [1.54, 1.807) is 21.1 Å². The molecule has 0 radical (unpaired) electrons. The third-order valence-corrected chi connectivity index (χ3v) is 5.61. The number of hydrogen-bond acceptors (Lipinski definition) is 6. The van der Waals surface area contributed by atoms with E-state index >= 15 is 0 Å². The summed E-state index contributed by atoms with van der Waals surface area (Å²) in [7, 11) is 0.630. The fourth-order valence-electron chi connectivity index (χ4n) is 1.52. The molecule has 0 aromatic carbocycles. The molecule has 0 bridgehead atoms. The van der Waals surface area contributed by atoms with Crippen molar-refractivity contribution < 1.29 is 22.8 Å². The molecule has 0 unspecified atom stereocenters. The van der Waals surface area contributed by atoms with Crippen molar-refractivity contribution in [1.82, 2.24) is 0 Å². The molecule has 0 aromatic heterocycles. The summed E-state index contributed by atoms with van der Waals surface area (Å²) < 4.78 is 21.6. The normalized spacial score (nSPS) is 11.4. The Morgan fingerprint density at radius 1 is 1.15 bits per heavy atom. The highest BCUT2D eigenvalue weighted by atomic mass is 28.4. The molecule has 0 spiro atoms. The molecular weight excluding hydrogens is 278 g/mol. The summed E-state index contributed by atoms with van der Waals surface area (Å²) in [5, 5.41) is 0. The SMILES string of the molecule is C=C(C)C(=O)OCCCCO[Si](CCCN)(OC)OC. The van der Waals surface area contributed by atoms with Crippen LogP contribution in [0.2, 0.25) is 6.04 Å². The Labute approximate surface area is 122 Å². The second-order valence-electron chi connectivity index (χ2n) is 4.46. The first-order valence-electron chi connectivity index (χ1n) is 6.78. The van der Waals surface area contributed by atoms with E-state index in [0.29, 0.717) is 31.4 Å². The van der Waals surface area contributed by atoms with Crippen molar-refractivity contribution in [3.63, 3.8) is 0 Å². The van der Waals surface area contributed by atoms with Crippen LogP contribution < -0.4 is 5.73 Å². The molecule has 2 N–H and O–H groups in total. The fraction of sp³-hybridized carbons (Fsp3) is 0.769. The van der Waals surface area contributed by atoms with Crippen LogP contribution >= 0.6 is 0 Å². The number of nitrogens with two attached hydrogens (primary N) is 1. The summed E-state index contributed by atoms with van der Waals surface area (Å²) in [5.74, 6) is -0.355. The molecule has 118 valence electrons. The maximum absolute atomic E-state index is 11.1. The predicted octanol–water partition coefficient (Wildman–Crippen LogP) is 1.48. The Morgan fingerprint density at radius 3 is 2.25 bits per heavy atom. The number of carbonyl (C=O) groups is 1. The van der Waals surface area contributed by atoms with Crippen molar-refractivity contribution in [3.8, 4) is 0 Å². The van der Waals surface area contributed by atoms with Gasteiger partial charge >= 0.3 is 14.8 Å². The van der Waals surface area contributed by atoms with Gasteiger partial charge < -0.3 is 23.7 Å². The molecule has 0 aromatic rings. The Bertz CT molecular complexity index is 294. The number of ether oxygens (including phenoxy) is 1. The summed E-state index contributed by atoms with van der Waals surface area (Å²) in [6, 6.07) is 0.709. The van der Waals surface area contributed by atoms with E-state index in [1.807, 2.05) is 0 Å². The van der Waals surface area contributed by atoms with Crippen LogP contribution in [0.1, 0.15) is 26.2 Å². The lowest BCUT2D eigenvalue weighted by Gasteiger charge is -2.26. The average Bonchev–Trinajstić information content (AvgIpc) is 2.45. The molecule has 0 rings (SSSR count). The zero-order valence-corrected chi connectivity index (χ0v) is 13.8. The molecule has 0 saturated heterocycles. The maximum atomic E-state index is 11.1. The Morgan fingerprint density at radius 2 is 1.75 bits per heavy atom. The lowest BCUT2D eigenvalue weighted by molar-refractivity contribution is -0.139. The smallest absolute Gasteiger partial charge is 0.462 e. The van der Waals surface area contributed by atoms with E-state index in [1.165, 1.54) is 0 Å². The van der Waals surface area contributed by atoms with Gasteiger partial charge in [0, 0.05) is 32.4 Å². The van der Waals surface area contributed by atoms with E-state index < -0.39 is 8.80 Å². The van der Waals surface area contributed by atoms with E-state index in [-0.39, 0.29) is 5.97 Å². The minimum absolute atomic E-state index is 0.355. The van der Waals surface area contributed by atoms with Gasteiger partial charge in [-0.2, -0.15) is 0 Å². The first-order valence-corrected chi connectivity index (χ1v) is 8.71. The highest BCUT2D eigenvalue weighted by molar-refractivity contribution is 6.60. The zero-order valence-electron chi connectivity index (χ0n) is 12.8. The first-order chi connectivity index (χ1) is 9.51. The largest absolute Gasteiger partial charge is 0.500 e. The highest BCUT2D eigenvalue weighted by Gasteiger charge is 2.37. The van der Waals surface area contributed by atoms with Crippen LogP contribution in [0.5, 0.6) is 0 Å². The third-order valence-electron chi connectivity index (χ3n) is 2.75. The van der Waals surface area contributed by atoms with Crippen LogP contribution in [-0.4, -0.2) is 48.8 Å². The fourth-order valence-corrected chi connectivity index (χ4v) is 3.56. The third kappa shape index (κ3) is 7.76. The van der Waals surface area contributed by atoms with Gasteiger partial charge in [-0.25, -0.2) is 4.79 Å². The number of rotatable bonds is 12. The lowest BCUT2D eigenvalue weighted by Crippen LogP contribution is -2.44. The topological polar surface area (TPSA) is 80.0 Å². The first kappa shape index (κ1) is 19.3. The van der Waals surface area contributed by atoms with E-state index in [0.717, 1.165) is 19.3 Å². The highest BCUT2D eigenvalue weighted by Crippen LogP contribution is 2.16. The van der Waals surface area contributed by atoms with Gasteiger partial charge in [0.1, 0.15) is 0 Å². The molecule has 0 atom stereocenters. The van der Waals surface area contributed by atoms with Gasteiger partial charge in [0.2, 0.25) is 0 Å². The number of carbonyl (C=O) groups excluding carboxylic acids is 1. The molecule has 0 aliphatic rings. The molecule has 0 aliphatic carbocycles. The summed E-state index contributed by atoms with van der Waals surface area (Å²) >= 11 is 0. The number of esters is 1. The van der Waals surface area contributed by atoms with Crippen molar-refractivity contribution in [3.05, 3.63) is 12.2 Å². The van der Waals surface area contributed by atoms with Crippen molar-refractivity contribution >= 4 is 14.8 Å². The summed E-state index contributed by atoms with van der Waals surface area (Å²) in [6.07, 6.45) is 2.31. The van der Waals surface area contributed by atoms with Gasteiger partial charge in [-0.3, -0.25) is 0 Å². The predicted molar refractivity (Wildman–Crippen MR) is 79.2 cm³/mol. The number of unbranched alkanes of at least 4 members (excludes halogenated alkanes) is 1. The van der Waals surface area contributed by atoms with Crippen LogP contribution in [0.25, 0.3) is 0 Å². The molecule has 6 nitrogen and oxygen atoms in total. The van der Waals surface area contributed by atoms with Crippen LogP contribution in [0, 0.1) is 0 Å². The van der Waals surface area contributed by atoms with Gasteiger partial charge in [-0.1, -0.05) is 6.58 Å². The minimum atomic E-state index is -2.57. The Hall–Kier alpha value is -0.733. The van der Waals surface area contributed by atoms with Gasteiger partial charge in [0.05, 0.1) is 6.61 Å². The minimum Gasteiger partial charge on any atom is -0.462 e. The number of hydrogen-bond donors (Lipinski definition) is 1. The van der Waals surface area contributed by atoms with Crippen LogP contribution in [0.15, 0.2) is 12.2 Å². The average molecular weight is 305 g/mol. The van der Waals surface area contributed by atoms with Gasteiger partial charge in [-0.05, 0) is 32.7 Å². The zero-order chi connectivity index (χ0) is 15.4. The standard InChI is InChI=1S/C13H27NO5Si/c1-12(2)13(15)18-9-5-6-10-19-20(16-3,17-4)11-7-8-14/h1,5-11,14H2,2-4H3. The molecule has 0 saturated carbocycles. The van der Waals surface area contributed by atoms with Crippen LogP contribution in [0.3, 0.4) is 0 Å². The van der Waals surface area contributed by atoms with Crippen molar-refractivity contribution in [1.29, 1.82) is 0 Å². The second-order valence-corrected chi connectivity index (χ2v) is 7.43. The van der Waals surface area contributed by atoms with Crippen LogP contribution in [0.4, 0.5) is 0 Å². The molecule has 20 heavy (non-hydrogen) atoms. The molecule has 0 aliphatic heterocycles. The molecule has 7 heteroatoms. The maximum Gasteiger partial charge on any atom is 0.500 e. The quantitative estimate of drug-likeness (QED) is 0.255. The summed E-state index contributed by atoms with van der Waals surface area (Å²) in [6.45, 7) is 6.61. The van der Waals surface area contributed by atoms with Crippen molar-refractivity contribution in [2.45, 2.75) is 32.2 Å². The molecule has 0 fully saturated rings. The monoisotopic (exact) mass is 305 g/mol. The van der Waals surface area contributed by atoms with Crippen molar-refractivity contribution in [2.24, 2.45) is 5.73 Å². The Kier molecular flexibility index (Phi) is 10.6. The van der Waals surface area contributed by atoms with E-state index in [9.17, 15) is 4.79 Å². The summed E-state index contributed by atoms with van der Waals surface area (Å²) in [5.41, 5.74) is 5.90. The van der Waals surface area contributed by atoms with Gasteiger partial charge in [0.25, 0.3) is 0 Å². The lowest BCUT2D eigenvalue weighted by atomic mass is 10.3. The summed E-state index contributed by atoms with van der Waals surface area (Å²) in [4.78, 5) is 11.1. The molecule has 0 heterocycles. The van der Waals surface area contributed by atoms with Crippen LogP contribution in [-0.2, 0) is 22.8 Å². The van der Waals surface area contributed by atoms with Gasteiger partial charge in [-0.15, -0.1) is 0 Å². The van der Waals surface area contributed by atoms with E-state index in [4.69, 9.17) is 23.7 Å². The molecule has 0 amide bonds. The van der Waals surface area contributed by atoms with Gasteiger partial charge in [0.15, 0.2) is 0 Å². The van der Waals surface area contributed by atoms with E-state index in [2.05, 4.69) is 6.58 Å². The second kappa shape index (κ2) is 11.0. The Balaban J connectivity index is 3.84. The molecular formula is C13H27NO5Si. The van der Waals surface area contributed by atoms with Crippen molar-refractivity contribution in [2.75, 3.05) is 34.0 Å².